The molecule has 0 aliphatic heterocycles. The molecule has 3 heterocycles. The first-order valence-corrected chi connectivity index (χ1v) is 6.79. The summed E-state index contributed by atoms with van der Waals surface area (Å²) in [5, 5.41) is 3.56. The van der Waals surface area contributed by atoms with Crippen molar-refractivity contribution in [2.24, 2.45) is 0 Å². The number of aromatic nitrogens is 5. The summed E-state index contributed by atoms with van der Waals surface area (Å²) in [5.74, 6) is 1.29. The summed E-state index contributed by atoms with van der Waals surface area (Å²) in [6.07, 6.45) is 3.02. The third-order valence-corrected chi connectivity index (χ3v) is 3.27. The van der Waals surface area contributed by atoms with Crippen molar-refractivity contribution in [3.8, 4) is 0 Å². The van der Waals surface area contributed by atoms with Crippen LogP contribution in [0.5, 0.6) is 0 Å². The lowest BCUT2D eigenvalue weighted by Gasteiger charge is -2.07. The number of fused-ring (bicyclic) bond motifs is 1. The van der Waals surface area contributed by atoms with Gasteiger partial charge in [0, 0.05) is 10.7 Å². The SMILES string of the molecule is CC(Cl)c1nc2cc(Br)cnc2n1Cc1ncon1. The van der Waals surface area contributed by atoms with Gasteiger partial charge in [-0.1, -0.05) is 5.16 Å². The molecule has 3 rings (SSSR count). The third kappa shape index (κ3) is 2.35. The Kier molecular flexibility index (Phi) is 3.24. The van der Waals surface area contributed by atoms with Crippen LogP contribution in [0.4, 0.5) is 0 Å². The highest BCUT2D eigenvalue weighted by Gasteiger charge is 2.17. The smallest absolute Gasteiger partial charge is 0.213 e. The number of halogens is 2. The Morgan fingerprint density at radius 2 is 2.32 bits per heavy atom. The third-order valence-electron chi connectivity index (χ3n) is 2.64. The van der Waals surface area contributed by atoms with Gasteiger partial charge >= 0.3 is 0 Å². The van der Waals surface area contributed by atoms with Gasteiger partial charge in [-0.05, 0) is 28.9 Å². The lowest BCUT2D eigenvalue weighted by molar-refractivity contribution is 0.408. The van der Waals surface area contributed by atoms with Crippen LogP contribution in [0.25, 0.3) is 11.2 Å². The fourth-order valence-electron chi connectivity index (χ4n) is 1.87. The molecule has 0 fully saturated rings. The van der Waals surface area contributed by atoms with Crippen LogP contribution in [0.2, 0.25) is 0 Å². The van der Waals surface area contributed by atoms with Gasteiger partial charge in [0.25, 0.3) is 0 Å². The minimum atomic E-state index is -0.236. The maximum atomic E-state index is 6.17. The molecule has 0 aliphatic rings. The standard InChI is InChI=1S/C11H9BrClN5O/c1-6(13)10-16-8-2-7(12)3-14-11(8)18(10)4-9-15-5-19-17-9/h2-3,5-6H,4H2,1H3. The number of alkyl halides is 1. The second kappa shape index (κ2) is 4.90. The molecule has 0 amide bonds. The van der Waals surface area contributed by atoms with E-state index in [1.807, 2.05) is 17.6 Å². The van der Waals surface area contributed by atoms with Crippen LogP contribution in [0.15, 0.2) is 27.7 Å². The van der Waals surface area contributed by atoms with Crippen molar-refractivity contribution in [2.75, 3.05) is 0 Å². The van der Waals surface area contributed by atoms with Crippen molar-refractivity contribution < 1.29 is 4.52 Å². The summed E-state index contributed by atoms with van der Waals surface area (Å²) in [7, 11) is 0. The van der Waals surface area contributed by atoms with Crippen LogP contribution in [0.1, 0.15) is 23.9 Å². The maximum Gasteiger partial charge on any atom is 0.213 e. The monoisotopic (exact) mass is 341 g/mol. The topological polar surface area (TPSA) is 69.6 Å². The van der Waals surface area contributed by atoms with Crippen molar-refractivity contribution in [3.63, 3.8) is 0 Å². The van der Waals surface area contributed by atoms with E-state index in [4.69, 9.17) is 16.1 Å². The molecule has 3 aromatic heterocycles. The first kappa shape index (κ1) is 12.6. The van der Waals surface area contributed by atoms with Crippen LogP contribution >= 0.6 is 27.5 Å². The molecule has 8 heteroatoms. The molecule has 0 N–H and O–H groups in total. The fourth-order valence-corrected chi connectivity index (χ4v) is 2.35. The summed E-state index contributed by atoms with van der Waals surface area (Å²) in [4.78, 5) is 12.9. The highest BCUT2D eigenvalue weighted by molar-refractivity contribution is 9.10. The van der Waals surface area contributed by atoms with E-state index in [1.54, 1.807) is 6.20 Å². The van der Waals surface area contributed by atoms with Crippen LogP contribution in [0, 0.1) is 0 Å². The van der Waals surface area contributed by atoms with Gasteiger partial charge in [0.2, 0.25) is 6.39 Å². The number of rotatable bonds is 3. The number of hydrogen-bond acceptors (Lipinski definition) is 5. The summed E-state index contributed by atoms with van der Waals surface area (Å²) in [6, 6.07) is 1.90. The molecule has 0 spiro atoms. The zero-order valence-electron chi connectivity index (χ0n) is 9.92. The quantitative estimate of drug-likeness (QED) is 0.685. The molecular formula is C11H9BrClN5O. The Hall–Kier alpha value is -1.47. The Bertz CT molecular complexity index is 709. The highest BCUT2D eigenvalue weighted by atomic mass is 79.9. The summed E-state index contributed by atoms with van der Waals surface area (Å²) < 4.78 is 7.51. The highest BCUT2D eigenvalue weighted by Crippen LogP contribution is 2.25. The lowest BCUT2D eigenvalue weighted by atomic mass is 10.4. The van der Waals surface area contributed by atoms with Crippen molar-refractivity contribution in [1.29, 1.82) is 0 Å². The Labute approximate surface area is 121 Å². The molecule has 0 bridgehead atoms. The van der Waals surface area contributed by atoms with E-state index in [0.29, 0.717) is 12.4 Å². The second-order valence-electron chi connectivity index (χ2n) is 4.02. The zero-order valence-corrected chi connectivity index (χ0v) is 12.3. The van der Waals surface area contributed by atoms with Gasteiger partial charge < -0.3 is 9.09 Å². The van der Waals surface area contributed by atoms with Crippen molar-refractivity contribution in [1.82, 2.24) is 24.7 Å². The molecule has 1 unspecified atom stereocenters. The largest absolute Gasteiger partial charge is 0.343 e. The molecule has 1 atom stereocenters. The van der Waals surface area contributed by atoms with Crippen molar-refractivity contribution >= 4 is 38.7 Å². The van der Waals surface area contributed by atoms with Gasteiger partial charge in [-0.25, -0.2) is 9.97 Å². The molecule has 6 nitrogen and oxygen atoms in total. The molecule has 0 aromatic carbocycles. The van der Waals surface area contributed by atoms with E-state index < -0.39 is 0 Å². The Morgan fingerprint density at radius 3 is 3.00 bits per heavy atom. The lowest BCUT2D eigenvalue weighted by Crippen LogP contribution is -2.07. The second-order valence-corrected chi connectivity index (χ2v) is 5.59. The van der Waals surface area contributed by atoms with Gasteiger partial charge in [0.15, 0.2) is 11.5 Å². The van der Waals surface area contributed by atoms with E-state index >= 15 is 0 Å². The van der Waals surface area contributed by atoms with E-state index in [9.17, 15) is 0 Å². The number of hydrogen-bond donors (Lipinski definition) is 0. The summed E-state index contributed by atoms with van der Waals surface area (Å²) >= 11 is 9.55. The summed E-state index contributed by atoms with van der Waals surface area (Å²) in [5.41, 5.74) is 1.52. The van der Waals surface area contributed by atoms with Crippen molar-refractivity contribution in [3.05, 3.63) is 34.8 Å². The molecular weight excluding hydrogens is 334 g/mol. The van der Waals surface area contributed by atoms with Crippen LogP contribution in [-0.2, 0) is 6.54 Å². The first-order chi connectivity index (χ1) is 9.15. The maximum absolute atomic E-state index is 6.17. The molecule has 98 valence electrons. The average Bonchev–Trinajstić information content (AvgIpc) is 2.97. The van der Waals surface area contributed by atoms with Gasteiger partial charge in [-0.3, -0.25) is 0 Å². The summed E-state index contributed by atoms with van der Waals surface area (Å²) in [6.45, 7) is 2.29. The molecule has 0 aliphatic carbocycles. The molecule has 3 aromatic rings. The predicted molar refractivity (Wildman–Crippen MR) is 72.9 cm³/mol. The minimum Gasteiger partial charge on any atom is -0.343 e. The van der Waals surface area contributed by atoms with Gasteiger partial charge in [0.05, 0.1) is 11.9 Å². The number of imidazole rings is 1. The van der Waals surface area contributed by atoms with Crippen LogP contribution in [-0.4, -0.2) is 24.7 Å². The van der Waals surface area contributed by atoms with E-state index in [-0.39, 0.29) is 5.38 Å². The Balaban J connectivity index is 2.16. The number of nitrogens with zero attached hydrogens (tertiary/aromatic N) is 5. The molecule has 0 saturated carbocycles. The van der Waals surface area contributed by atoms with E-state index in [0.717, 1.165) is 21.5 Å². The van der Waals surface area contributed by atoms with Crippen molar-refractivity contribution in [2.45, 2.75) is 18.8 Å². The van der Waals surface area contributed by atoms with Crippen LogP contribution in [0.3, 0.4) is 0 Å². The van der Waals surface area contributed by atoms with Gasteiger partial charge in [-0.15, -0.1) is 11.6 Å². The predicted octanol–water partition coefficient (Wildman–Crippen LogP) is 2.92. The van der Waals surface area contributed by atoms with Gasteiger partial charge in [-0.2, -0.15) is 4.98 Å². The average molecular weight is 343 g/mol. The Morgan fingerprint density at radius 1 is 1.47 bits per heavy atom. The first-order valence-electron chi connectivity index (χ1n) is 5.56. The van der Waals surface area contributed by atoms with E-state index in [1.165, 1.54) is 6.39 Å². The molecule has 0 saturated heterocycles. The molecule has 19 heavy (non-hydrogen) atoms. The van der Waals surface area contributed by atoms with Gasteiger partial charge in [0.1, 0.15) is 11.3 Å². The van der Waals surface area contributed by atoms with Crippen LogP contribution < -0.4 is 0 Å². The minimum absolute atomic E-state index is 0.236. The fraction of sp³-hybridized carbons (Fsp3) is 0.273. The normalized spacial score (nSPS) is 13.0. The van der Waals surface area contributed by atoms with E-state index in [2.05, 4.69) is 36.0 Å². The number of pyridine rings is 1. The zero-order chi connectivity index (χ0) is 13.4. The molecule has 0 radical (unpaired) electrons.